The third kappa shape index (κ3) is 3.85. The number of pyridine rings is 1. The van der Waals surface area contributed by atoms with Gasteiger partial charge < -0.3 is 14.4 Å². The van der Waals surface area contributed by atoms with Crippen LogP contribution in [0.15, 0.2) is 41.2 Å². The topological polar surface area (TPSA) is 51.7 Å². The van der Waals surface area contributed by atoms with Crippen LogP contribution in [0.3, 0.4) is 0 Å². The standard InChI is InChI=1S/C19H22N2O3S/c22-18(10-15-5-9-25-13-15)21-8-3-6-19(14-21)11-16(12-23-19)24-17-4-1-2-7-20-17/h1-2,4-5,7,9,13,16H,3,6,8,10-12,14H2/t16-,19+/m1/s1. The fourth-order valence-corrected chi connectivity index (χ4v) is 4.41. The van der Waals surface area contributed by atoms with Crippen molar-refractivity contribution in [2.45, 2.75) is 37.4 Å². The first-order chi connectivity index (χ1) is 12.2. The van der Waals surface area contributed by atoms with Gasteiger partial charge in [-0.2, -0.15) is 11.3 Å². The van der Waals surface area contributed by atoms with Gasteiger partial charge in [-0.3, -0.25) is 4.79 Å². The molecule has 4 heterocycles. The molecule has 0 bridgehead atoms. The number of amides is 1. The molecule has 6 heteroatoms. The molecule has 1 amide bonds. The van der Waals surface area contributed by atoms with E-state index in [0.717, 1.165) is 31.4 Å². The number of carbonyl (C=O) groups excluding carboxylic acids is 1. The molecule has 0 N–H and O–H groups in total. The summed E-state index contributed by atoms with van der Waals surface area (Å²) in [6.07, 6.45) is 4.98. The Bertz CT molecular complexity index is 707. The molecule has 25 heavy (non-hydrogen) atoms. The van der Waals surface area contributed by atoms with E-state index in [1.807, 2.05) is 39.9 Å². The molecule has 0 aliphatic carbocycles. The quantitative estimate of drug-likeness (QED) is 0.843. The highest BCUT2D eigenvalue weighted by molar-refractivity contribution is 7.08. The molecule has 0 aromatic carbocycles. The van der Waals surface area contributed by atoms with E-state index in [1.54, 1.807) is 17.5 Å². The zero-order valence-electron chi connectivity index (χ0n) is 14.1. The summed E-state index contributed by atoms with van der Waals surface area (Å²) in [6, 6.07) is 7.67. The van der Waals surface area contributed by atoms with Gasteiger partial charge in [0.05, 0.1) is 18.6 Å². The number of nitrogens with zero attached hydrogens (tertiary/aromatic N) is 2. The monoisotopic (exact) mass is 358 g/mol. The third-order valence-electron chi connectivity index (χ3n) is 4.93. The van der Waals surface area contributed by atoms with Crippen LogP contribution < -0.4 is 4.74 Å². The van der Waals surface area contributed by atoms with Crippen molar-refractivity contribution >= 4 is 17.2 Å². The normalized spacial score (nSPS) is 26.1. The van der Waals surface area contributed by atoms with Gasteiger partial charge in [-0.05, 0) is 41.3 Å². The Labute approximate surface area is 151 Å². The van der Waals surface area contributed by atoms with Crippen molar-refractivity contribution < 1.29 is 14.3 Å². The Morgan fingerprint density at radius 1 is 1.44 bits per heavy atom. The number of piperidine rings is 1. The summed E-state index contributed by atoms with van der Waals surface area (Å²) in [6.45, 7) is 2.04. The molecule has 1 spiro atoms. The van der Waals surface area contributed by atoms with Crippen molar-refractivity contribution in [2.24, 2.45) is 0 Å². The van der Waals surface area contributed by atoms with Gasteiger partial charge in [0, 0.05) is 31.8 Å². The lowest BCUT2D eigenvalue weighted by Crippen LogP contribution is -2.50. The van der Waals surface area contributed by atoms with E-state index in [2.05, 4.69) is 4.98 Å². The molecule has 2 saturated heterocycles. The Morgan fingerprint density at radius 2 is 2.40 bits per heavy atom. The van der Waals surface area contributed by atoms with Crippen LogP contribution in [0, 0.1) is 0 Å². The first-order valence-electron chi connectivity index (χ1n) is 8.73. The molecule has 2 aliphatic rings. The lowest BCUT2D eigenvalue weighted by atomic mass is 9.89. The summed E-state index contributed by atoms with van der Waals surface area (Å²) >= 11 is 1.63. The molecule has 2 atom stereocenters. The minimum atomic E-state index is -0.262. The number of likely N-dealkylation sites (tertiary alicyclic amines) is 1. The summed E-state index contributed by atoms with van der Waals surface area (Å²) in [4.78, 5) is 18.8. The maximum Gasteiger partial charge on any atom is 0.227 e. The predicted molar refractivity (Wildman–Crippen MR) is 95.8 cm³/mol. The van der Waals surface area contributed by atoms with E-state index in [-0.39, 0.29) is 17.6 Å². The van der Waals surface area contributed by atoms with Crippen LogP contribution in [-0.4, -0.2) is 47.2 Å². The van der Waals surface area contributed by atoms with Crippen molar-refractivity contribution in [1.82, 2.24) is 9.88 Å². The average molecular weight is 358 g/mol. The first kappa shape index (κ1) is 16.5. The van der Waals surface area contributed by atoms with Crippen molar-refractivity contribution in [3.63, 3.8) is 0 Å². The molecule has 0 radical (unpaired) electrons. The van der Waals surface area contributed by atoms with Gasteiger partial charge in [-0.1, -0.05) is 6.07 Å². The molecule has 2 fully saturated rings. The molecule has 5 nitrogen and oxygen atoms in total. The molecule has 0 saturated carbocycles. The van der Waals surface area contributed by atoms with Crippen LogP contribution in [0.25, 0.3) is 0 Å². The van der Waals surface area contributed by atoms with Crippen LogP contribution >= 0.6 is 11.3 Å². The number of ether oxygens (including phenoxy) is 2. The molecule has 2 aromatic rings. The predicted octanol–water partition coefficient (Wildman–Crippen LogP) is 2.91. The maximum absolute atomic E-state index is 12.6. The average Bonchev–Trinajstić information content (AvgIpc) is 3.26. The molecule has 2 aliphatic heterocycles. The minimum absolute atomic E-state index is 0.00169. The smallest absolute Gasteiger partial charge is 0.227 e. The van der Waals surface area contributed by atoms with Crippen molar-refractivity contribution in [1.29, 1.82) is 0 Å². The zero-order chi connectivity index (χ0) is 17.1. The number of hydrogen-bond acceptors (Lipinski definition) is 5. The largest absolute Gasteiger partial charge is 0.472 e. The Morgan fingerprint density at radius 3 is 3.20 bits per heavy atom. The fraction of sp³-hybridized carbons (Fsp3) is 0.474. The van der Waals surface area contributed by atoms with Crippen molar-refractivity contribution in [3.8, 4) is 5.88 Å². The molecule has 0 unspecified atom stereocenters. The highest BCUT2D eigenvalue weighted by atomic mass is 32.1. The summed E-state index contributed by atoms with van der Waals surface area (Å²) in [5.41, 5.74) is 0.834. The summed E-state index contributed by atoms with van der Waals surface area (Å²) in [5.74, 6) is 0.824. The number of aromatic nitrogens is 1. The van der Waals surface area contributed by atoms with Gasteiger partial charge in [-0.25, -0.2) is 4.98 Å². The van der Waals surface area contributed by atoms with Crippen LogP contribution in [0.2, 0.25) is 0 Å². The van der Waals surface area contributed by atoms with Gasteiger partial charge in [0.2, 0.25) is 11.8 Å². The van der Waals surface area contributed by atoms with E-state index >= 15 is 0 Å². The van der Waals surface area contributed by atoms with E-state index in [0.29, 0.717) is 25.5 Å². The highest BCUT2D eigenvalue weighted by Gasteiger charge is 2.45. The number of thiophene rings is 1. The molecular weight excluding hydrogens is 336 g/mol. The third-order valence-corrected chi connectivity index (χ3v) is 5.66. The first-order valence-corrected chi connectivity index (χ1v) is 9.67. The second-order valence-corrected chi connectivity index (χ2v) is 7.61. The van der Waals surface area contributed by atoms with Gasteiger partial charge >= 0.3 is 0 Å². The number of carbonyl (C=O) groups is 1. The second kappa shape index (κ2) is 7.14. The van der Waals surface area contributed by atoms with E-state index in [9.17, 15) is 4.79 Å². The molecule has 2 aromatic heterocycles. The van der Waals surface area contributed by atoms with Crippen molar-refractivity contribution in [3.05, 3.63) is 46.8 Å². The second-order valence-electron chi connectivity index (χ2n) is 6.83. The maximum atomic E-state index is 12.6. The summed E-state index contributed by atoms with van der Waals surface area (Å²) in [5, 5.41) is 4.06. The van der Waals surface area contributed by atoms with Gasteiger partial charge in [-0.15, -0.1) is 0 Å². The minimum Gasteiger partial charge on any atom is -0.472 e. The van der Waals surface area contributed by atoms with E-state index in [4.69, 9.17) is 9.47 Å². The van der Waals surface area contributed by atoms with E-state index < -0.39 is 0 Å². The van der Waals surface area contributed by atoms with Gasteiger partial charge in [0.25, 0.3) is 0 Å². The Kier molecular flexibility index (Phi) is 4.72. The molecule has 132 valence electrons. The Balaban J connectivity index is 1.36. The van der Waals surface area contributed by atoms with Crippen LogP contribution in [0.5, 0.6) is 5.88 Å². The Hall–Kier alpha value is -1.92. The number of rotatable bonds is 4. The van der Waals surface area contributed by atoms with E-state index in [1.165, 1.54) is 0 Å². The molecule has 4 rings (SSSR count). The van der Waals surface area contributed by atoms with Gasteiger partial charge in [0.1, 0.15) is 6.10 Å². The van der Waals surface area contributed by atoms with Crippen LogP contribution in [-0.2, 0) is 16.0 Å². The van der Waals surface area contributed by atoms with Crippen LogP contribution in [0.4, 0.5) is 0 Å². The number of hydrogen-bond donors (Lipinski definition) is 0. The van der Waals surface area contributed by atoms with Gasteiger partial charge in [0.15, 0.2) is 0 Å². The van der Waals surface area contributed by atoms with Crippen LogP contribution in [0.1, 0.15) is 24.8 Å². The molecular formula is C19H22N2O3S. The van der Waals surface area contributed by atoms with Crippen molar-refractivity contribution in [2.75, 3.05) is 19.7 Å². The highest BCUT2D eigenvalue weighted by Crippen LogP contribution is 2.36. The fourth-order valence-electron chi connectivity index (χ4n) is 3.74. The summed E-state index contributed by atoms with van der Waals surface area (Å²) in [7, 11) is 0. The zero-order valence-corrected chi connectivity index (χ0v) is 14.9. The summed E-state index contributed by atoms with van der Waals surface area (Å²) < 4.78 is 12.1. The lowest BCUT2D eigenvalue weighted by molar-refractivity contribution is -0.138. The lowest BCUT2D eigenvalue weighted by Gasteiger charge is -2.39. The SMILES string of the molecule is O=C(Cc1ccsc1)N1CCC[C@]2(C[C@@H](Oc3ccccn3)CO2)C1.